The molecule has 0 aliphatic carbocycles. The summed E-state index contributed by atoms with van der Waals surface area (Å²) in [5.41, 5.74) is 0.992. The lowest BCUT2D eigenvalue weighted by Gasteiger charge is -2.07. The molecule has 1 heterocycles. The van der Waals surface area contributed by atoms with Crippen molar-refractivity contribution in [3.8, 4) is 11.6 Å². The average Bonchev–Trinajstić information content (AvgIpc) is 2.25. The SMILES string of the molecule is Cc1ccc(Oc2ncc(Cl)cc2F)c(Cl)c1. The Bertz CT molecular complexity index is 511. The van der Waals surface area contributed by atoms with Gasteiger partial charge >= 0.3 is 0 Å². The van der Waals surface area contributed by atoms with Gasteiger partial charge in [-0.1, -0.05) is 29.3 Å². The molecule has 0 N–H and O–H groups in total. The number of aromatic nitrogens is 1. The van der Waals surface area contributed by atoms with Crippen molar-refractivity contribution in [2.75, 3.05) is 0 Å². The number of hydrogen-bond acceptors (Lipinski definition) is 2. The fourth-order valence-corrected chi connectivity index (χ4v) is 1.69. The van der Waals surface area contributed by atoms with Crippen molar-refractivity contribution in [3.63, 3.8) is 0 Å². The van der Waals surface area contributed by atoms with Gasteiger partial charge in [-0.05, 0) is 30.7 Å². The molecule has 2 aromatic rings. The Morgan fingerprint density at radius 3 is 2.65 bits per heavy atom. The number of rotatable bonds is 2. The largest absolute Gasteiger partial charge is 0.435 e. The van der Waals surface area contributed by atoms with E-state index < -0.39 is 5.82 Å². The van der Waals surface area contributed by atoms with Crippen LogP contribution in [-0.2, 0) is 0 Å². The Balaban J connectivity index is 2.31. The van der Waals surface area contributed by atoms with Crippen LogP contribution < -0.4 is 4.74 Å². The van der Waals surface area contributed by atoms with E-state index in [1.54, 1.807) is 12.1 Å². The molecule has 1 aromatic heterocycles. The summed E-state index contributed by atoms with van der Waals surface area (Å²) in [4.78, 5) is 3.75. The molecule has 0 saturated heterocycles. The lowest BCUT2D eigenvalue weighted by molar-refractivity contribution is 0.423. The van der Waals surface area contributed by atoms with Gasteiger partial charge in [0.25, 0.3) is 5.88 Å². The zero-order chi connectivity index (χ0) is 12.4. The fraction of sp³-hybridized carbons (Fsp3) is 0.0833. The van der Waals surface area contributed by atoms with Crippen molar-refractivity contribution < 1.29 is 9.13 Å². The monoisotopic (exact) mass is 271 g/mol. The zero-order valence-electron chi connectivity index (χ0n) is 8.88. The minimum atomic E-state index is -0.630. The van der Waals surface area contributed by atoms with Gasteiger partial charge in [0, 0.05) is 6.20 Å². The first-order chi connectivity index (χ1) is 8.06. The molecule has 0 aliphatic rings. The highest BCUT2D eigenvalue weighted by atomic mass is 35.5. The van der Waals surface area contributed by atoms with Gasteiger partial charge in [0.2, 0.25) is 0 Å². The van der Waals surface area contributed by atoms with E-state index in [1.165, 1.54) is 6.20 Å². The van der Waals surface area contributed by atoms with Crippen LogP contribution in [0.2, 0.25) is 10.0 Å². The van der Waals surface area contributed by atoms with Gasteiger partial charge in [-0.3, -0.25) is 0 Å². The number of aryl methyl sites for hydroxylation is 1. The first-order valence-corrected chi connectivity index (χ1v) is 5.57. The van der Waals surface area contributed by atoms with Crippen LogP contribution in [-0.4, -0.2) is 4.98 Å². The van der Waals surface area contributed by atoms with Crippen LogP contribution >= 0.6 is 23.2 Å². The highest BCUT2D eigenvalue weighted by molar-refractivity contribution is 6.32. The molecular weight excluding hydrogens is 264 g/mol. The maximum atomic E-state index is 13.4. The van der Waals surface area contributed by atoms with Crippen LogP contribution in [0.4, 0.5) is 4.39 Å². The molecule has 0 atom stereocenters. The molecule has 0 aliphatic heterocycles. The van der Waals surface area contributed by atoms with E-state index in [1.807, 2.05) is 13.0 Å². The lowest BCUT2D eigenvalue weighted by atomic mass is 10.2. The molecule has 0 amide bonds. The van der Waals surface area contributed by atoms with E-state index >= 15 is 0 Å². The Hall–Kier alpha value is -1.32. The van der Waals surface area contributed by atoms with Crippen molar-refractivity contribution in [1.29, 1.82) is 0 Å². The van der Waals surface area contributed by atoms with Gasteiger partial charge in [-0.15, -0.1) is 0 Å². The summed E-state index contributed by atoms with van der Waals surface area (Å²) in [5, 5.41) is 0.617. The number of pyridine rings is 1. The number of halogens is 3. The van der Waals surface area contributed by atoms with E-state index in [0.717, 1.165) is 11.6 Å². The summed E-state index contributed by atoms with van der Waals surface area (Å²) in [6, 6.07) is 6.33. The molecular formula is C12H8Cl2FNO. The third-order valence-electron chi connectivity index (χ3n) is 2.07. The van der Waals surface area contributed by atoms with Gasteiger partial charge in [0.1, 0.15) is 5.75 Å². The smallest absolute Gasteiger partial charge is 0.256 e. The summed E-state index contributed by atoms with van der Waals surface area (Å²) in [7, 11) is 0. The van der Waals surface area contributed by atoms with Crippen LogP contribution in [0.5, 0.6) is 11.6 Å². The van der Waals surface area contributed by atoms with Crippen LogP contribution in [0.15, 0.2) is 30.5 Å². The summed E-state index contributed by atoms with van der Waals surface area (Å²) in [6.07, 6.45) is 1.31. The van der Waals surface area contributed by atoms with E-state index in [-0.39, 0.29) is 10.9 Å². The number of nitrogens with zero attached hydrogens (tertiary/aromatic N) is 1. The molecule has 88 valence electrons. The van der Waals surface area contributed by atoms with Crippen LogP contribution in [0.25, 0.3) is 0 Å². The minimum absolute atomic E-state index is 0.153. The van der Waals surface area contributed by atoms with E-state index in [9.17, 15) is 4.39 Å². The first-order valence-electron chi connectivity index (χ1n) is 4.81. The van der Waals surface area contributed by atoms with Crippen molar-refractivity contribution in [2.45, 2.75) is 6.92 Å². The van der Waals surface area contributed by atoms with Crippen molar-refractivity contribution >= 4 is 23.2 Å². The second kappa shape index (κ2) is 4.90. The van der Waals surface area contributed by atoms with Gasteiger partial charge in [0.15, 0.2) is 5.82 Å². The highest BCUT2D eigenvalue weighted by Crippen LogP contribution is 2.30. The Morgan fingerprint density at radius 2 is 2.00 bits per heavy atom. The molecule has 0 saturated carbocycles. The van der Waals surface area contributed by atoms with Crippen molar-refractivity contribution in [1.82, 2.24) is 4.98 Å². The quantitative estimate of drug-likeness (QED) is 0.795. The summed E-state index contributed by atoms with van der Waals surface area (Å²) >= 11 is 11.5. The van der Waals surface area contributed by atoms with E-state index in [2.05, 4.69) is 4.98 Å². The minimum Gasteiger partial charge on any atom is -0.435 e. The Labute approximate surface area is 108 Å². The molecule has 2 nitrogen and oxygen atoms in total. The first kappa shape index (κ1) is 12.1. The van der Waals surface area contributed by atoms with Crippen molar-refractivity contribution in [2.24, 2.45) is 0 Å². The molecule has 5 heteroatoms. The predicted octanol–water partition coefficient (Wildman–Crippen LogP) is 4.63. The van der Waals surface area contributed by atoms with Crippen LogP contribution in [0, 0.1) is 12.7 Å². The second-order valence-corrected chi connectivity index (χ2v) is 4.32. The molecule has 0 spiro atoms. The summed E-state index contributed by atoms with van der Waals surface area (Å²) in [6.45, 7) is 1.90. The third-order valence-corrected chi connectivity index (χ3v) is 2.57. The van der Waals surface area contributed by atoms with Crippen LogP contribution in [0.3, 0.4) is 0 Å². The van der Waals surface area contributed by atoms with E-state index in [0.29, 0.717) is 10.8 Å². The fourth-order valence-electron chi connectivity index (χ4n) is 1.27. The maximum absolute atomic E-state index is 13.4. The maximum Gasteiger partial charge on any atom is 0.256 e. The molecule has 2 rings (SSSR count). The zero-order valence-corrected chi connectivity index (χ0v) is 10.4. The van der Waals surface area contributed by atoms with Gasteiger partial charge in [-0.2, -0.15) is 0 Å². The topological polar surface area (TPSA) is 22.1 Å². The highest BCUT2D eigenvalue weighted by Gasteiger charge is 2.09. The van der Waals surface area contributed by atoms with Crippen molar-refractivity contribution in [3.05, 3.63) is 51.9 Å². The molecule has 0 bridgehead atoms. The van der Waals surface area contributed by atoms with Crippen LogP contribution in [0.1, 0.15) is 5.56 Å². The molecule has 0 fully saturated rings. The Kier molecular flexibility index (Phi) is 3.50. The average molecular weight is 272 g/mol. The molecule has 0 radical (unpaired) electrons. The second-order valence-electron chi connectivity index (χ2n) is 3.48. The third kappa shape index (κ3) is 2.87. The van der Waals surface area contributed by atoms with Gasteiger partial charge in [-0.25, -0.2) is 9.37 Å². The summed E-state index contributed by atoms with van der Waals surface area (Å²) in [5.74, 6) is -0.430. The summed E-state index contributed by atoms with van der Waals surface area (Å²) < 4.78 is 18.7. The number of hydrogen-bond donors (Lipinski definition) is 0. The predicted molar refractivity (Wildman–Crippen MR) is 65.5 cm³/mol. The number of ether oxygens (including phenoxy) is 1. The number of benzene rings is 1. The normalized spacial score (nSPS) is 10.4. The molecule has 0 unspecified atom stereocenters. The Morgan fingerprint density at radius 1 is 1.24 bits per heavy atom. The molecule has 17 heavy (non-hydrogen) atoms. The molecule has 1 aromatic carbocycles. The lowest BCUT2D eigenvalue weighted by Crippen LogP contribution is -1.92. The van der Waals surface area contributed by atoms with Gasteiger partial charge in [0.05, 0.1) is 10.0 Å². The van der Waals surface area contributed by atoms with Gasteiger partial charge < -0.3 is 4.74 Å². The van der Waals surface area contributed by atoms with E-state index in [4.69, 9.17) is 27.9 Å². The standard InChI is InChI=1S/C12H8Cl2FNO/c1-7-2-3-11(9(14)4-7)17-12-10(15)5-8(13)6-16-12/h2-6H,1H3.